The van der Waals surface area contributed by atoms with Gasteiger partial charge in [-0.15, -0.1) is 0 Å². The fourth-order valence-electron chi connectivity index (χ4n) is 3.16. The summed E-state index contributed by atoms with van der Waals surface area (Å²) in [6.45, 7) is 0. The minimum atomic E-state index is -0.00810. The summed E-state index contributed by atoms with van der Waals surface area (Å²) in [7, 11) is 0. The van der Waals surface area contributed by atoms with Crippen LogP contribution in [0, 0.1) is 5.92 Å². The number of rotatable bonds is 2. The van der Waals surface area contributed by atoms with Crippen LogP contribution in [0.3, 0.4) is 0 Å². The van der Waals surface area contributed by atoms with Crippen LogP contribution in [0.5, 0.6) is 0 Å². The number of amides is 1. The number of hydrogen-bond acceptors (Lipinski definition) is 2. The van der Waals surface area contributed by atoms with Crippen LogP contribution in [0.4, 0.5) is 5.69 Å². The Hall–Kier alpha value is -2.14. The van der Waals surface area contributed by atoms with Gasteiger partial charge in [-0.05, 0) is 49.2 Å². The standard InChI is InChI=1S/C18H16BrN3O/c19-13-5-7-14(8-6-13)20-18(23)12-4-9-15-16(11-12)22-10-2-1-3-17(22)21-15/h1-3,5-8,10,12H,4,9,11H2,(H,20,23). The van der Waals surface area contributed by atoms with Crippen LogP contribution in [0.2, 0.25) is 0 Å². The monoisotopic (exact) mass is 369 g/mol. The Labute approximate surface area is 142 Å². The number of aromatic nitrogens is 2. The van der Waals surface area contributed by atoms with Gasteiger partial charge >= 0.3 is 0 Å². The van der Waals surface area contributed by atoms with E-state index in [1.165, 1.54) is 5.69 Å². The summed E-state index contributed by atoms with van der Waals surface area (Å²) >= 11 is 3.40. The number of aryl methyl sites for hydroxylation is 1. The van der Waals surface area contributed by atoms with Crippen LogP contribution in [-0.2, 0) is 17.6 Å². The predicted octanol–water partition coefficient (Wildman–Crippen LogP) is 3.84. The van der Waals surface area contributed by atoms with Crippen LogP contribution < -0.4 is 5.32 Å². The molecule has 0 bridgehead atoms. The van der Waals surface area contributed by atoms with Gasteiger partial charge in [0.1, 0.15) is 5.65 Å². The Bertz CT molecular complexity index is 870. The summed E-state index contributed by atoms with van der Waals surface area (Å²) in [6.07, 6.45) is 4.47. The van der Waals surface area contributed by atoms with E-state index >= 15 is 0 Å². The van der Waals surface area contributed by atoms with E-state index in [1.807, 2.05) is 48.7 Å². The van der Waals surface area contributed by atoms with Crippen LogP contribution in [0.1, 0.15) is 17.8 Å². The van der Waals surface area contributed by atoms with Gasteiger partial charge in [0.05, 0.1) is 5.69 Å². The number of pyridine rings is 1. The Balaban J connectivity index is 1.55. The molecule has 0 aliphatic heterocycles. The van der Waals surface area contributed by atoms with Crippen LogP contribution in [-0.4, -0.2) is 15.3 Å². The molecule has 0 fully saturated rings. The zero-order valence-corrected chi connectivity index (χ0v) is 14.1. The molecule has 1 aliphatic carbocycles. The third-order valence-electron chi connectivity index (χ3n) is 4.36. The molecule has 1 unspecified atom stereocenters. The second kappa shape index (κ2) is 5.81. The third-order valence-corrected chi connectivity index (χ3v) is 4.89. The first kappa shape index (κ1) is 14.5. The Kier molecular flexibility index (Phi) is 3.65. The normalized spacial score (nSPS) is 17.0. The highest BCUT2D eigenvalue weighted by atomic mass is 79.9. The quantitative estimate of drug-likeness (QED) is 0.745. The van der Waals surface area contributed by atoms with Gasteiger partial charge in [-0.25, -0.2) is 4.98 Å². The average Bonchev–Trinajstić information content (AvgIpc) is 2.94. The second-order valence-corrected chi connectivity index (χ2v) is 6.79. The van der Waals surface area contributed by atoms with Crippen molar-refractivity contribution in [1.29, 1.82) is 0 Å². The number of halogens is 1. The van der Waals surface area contributed by atoms with Gasteiger partial charge < -0.3 is 9.72 Å². The molecule has 0 saturated carbocycles. The minimum Gasteiger partial charge on any atom is -0.326 e. The van der Waals surface area contributed by atoms with Gasteiger partial charge in [0, 0.05) is 34.4 Å². The molecule has 1 N–H and O–H groups in total. The van der Waals surface area contributed by atoms with E-state index in [1.54, 1.807) is 0 Å². The van der Waals surface area contributed by atoms with E-state index in [0.717, 1.165) is 40.8 Å². The molecule has 0 spiro atoms. The topological polar surface area (TPSA) is 46.4 Å². The molecule has 23 heavy (non-hydrogen) atoms. The number of nitrogens with one attached hydrogen (secondary N) is 1. The van der Waals surface area contributed by atoms with E-state index in [4.69, 9.17) is 0 Å². The lowest BCUT2D eigenvalue weighted by atomic mass is 9.89. The summed E-state index contributed by atoms with van der Waals surface area (Å²) in [5, 5.41) is 3.02. The lowest BCUT2D eigenvalue weighted by Crippen LogP contribution is -2.28. The molecule has 3 aromatic rings. The van der Waals surface area contributed by atoms with E-state index in [-0.39, 0.29) is 11.8 Å². The van der Waals surface area contributed by atoms with Crippen molar-refractivity contribution in [2.45, 2.75) is 19.3 Å². The SMILES string of the molecule is O=C(Nc1ccc(Br)cc1)C1CCc2nc3ccccn3c2C1. The van der Waals surface area contributed by atoms with Crippen molar-refractivity contribution in [1.82, 2.24) is 9.38 Å². The van der Waals surface area contributed by atoms with Crippen molar-refractivity contribution in [3.63, 3.8) is 0 Å². The van der Waals surface area contributed by atoms with Crippen molar-refractivity contribution < 1.29 is 4.79 Å². The number of nitrogens with zero attached hydrogens (tertiary/aromatic N) is 2. The van der Waals surface area contributed by atoms with Crippen LogP contribution in [0.15, 0.2) is 53.1 Å². The minimum absolute atomic E-state index is 0.00810. The first-order valence-electron chi connectivity index (χ1n) is 7.72. The molecule has 1 atom stereocenters. The lowest BCUT2D eigenvalue weighted by Gasteiger charge is -2.21. The lowest BCUT2D eigenvalue weighted by molar-refractivity contribution is -0.120. The molecular formula is C18H16BrN3O. The summed E-state index contributed by atoms with van der Waals surface area (Å²) in [5.74, 6) is 0.0788. The van der Waals surface area contributed by atoms with Crippen LogP contribution in [0.25, 0.3) is 5.65 Å². The van der Waals surface area contributed by atoms with Gasteiger partial charge in [-0.1, -0.05) is 22.0 Å². The van der Waals surface area contributed by atoms with Gasteiger partial charge in [0.25, 0.3) is 0 Å². The number of carbonyl (C=O) groups is 1. The summed E-state index contributed by atoms with van der Waals surface area (Å²) < 4.78 is 3.11. The number of fused-ring (bicyclic) bond motifs is 3. The van der Waals surface area contributed by atoms with Gasteiger partial charge in [-0.2, -0.15) is 0 Å². The largest absolute Gasteiger partial charge is 0.326 e. The van der Waals surface area contributed by atoms with Crippen molar-refractivity contribution in [2.24, 2.45) is 5.92 Å². The van der Waals surface area contributed by atoms with Crippen molar-refractivity contribution in [3.05, 3.63) is 64.5 Å². The maximum absolute atomic E-state index is 12.6. The maximum Gasteiger partial charge on any atom is 0.227 e. The zero-order valence-electron chi connectivity index (χ0n) is 12.5. The van der Waals surface area contributed by atoms with Gasteiger partial charge in [0.2, 0.25) is 5.91 Å². The number of benzene rings is 1. The molecular weight excluding hydrogens is 354 g/mol. The van der Waals surface area contributed by atoms with Gasteiger partial charge in [-0.3, -0.25) is 4.79 Å². The molecule has 2 heterocycles. The highest BCUT2D eigenvalue weighted by Gasteiger charge is 2.28. The molecule has 5 heteroatoms. The zero-order chi connectivity index (χ0) is 15.8. The Morgan fingerprint density at radius 1 is 1.22 bits per heavy atom. The first-order valence-corrected chi connectivity index (χ1v) is 8.51. The van der Waals surface area contributed by atoms with E-state index in [2.05, 4.69) is 30.6 Å². The molecule has 1 aliphatic rings. The summed E-state index contributed by atoms with van der Waals surface area (Å²) in [5.41, 5.74) is 4.10. The van der Waals surface area contributed by atoms with E-state index in [0.29, 0.717) is 0 Å². The molecule has 4 rings (SSSR count). The Morgan fingerprint density at radius 3 is 2.87 bits per heavy atom. The maximum atomic E-state index is 12.6. The number of hydrogen-bond donors (Lipinski definition) is 1. The Morgan fingerprint density at radius 2 is 2.04 bits per heavy atom. The average molecular weight is 370 g/mol. The van der Waals surface area contributed by atoms with Crippen molar-refractivity contribution in [2.75, 3.05) is 5.32 Å². The molecule has 0 saturated heterocycles. The molecule has 1 amide bonds. The van der Waals surface area contributed by atoms with Gasteiger partial charge in [0.15, 0.2) is 0 Å². The second-order valence-electron chi connectivity index (χ2n) is 5.87. The smallest absolute Gasteiger partial charge is 0.227 e. The highest BCUT2D eigenvalue weighted by Crippen LogP contribution is 2.27. The van der Waals surface area contributed by atoms with Crippen molar-refractivity contribution in [3.8, 4) is 0 Å². The van der Waals surface area contributed by atoms with Crippen LogP contribution >= 0.6 is 15.9 Å². The third kappa shape index (κ3) is 2.77. The number of anilines is 1. The summed E-state index contributed by atoms with van der Waals surface area (Å²) in [6, 6.07) is 13.7. The molecule has 2 aromatic heterocycles. The van der Waals surface area contributed by atoms with E-state index in [9.17, 15) is 4.79 Å². The molecule has 0 radical (unpaired) electrons. The number of carbonyl (C=O) groups excluding carboxylic acids is 1. The van der Waals surface area contributed by atoms with E-state index < -0.39 is 0 Å². The molecule has 4 nitrogen and oxygen atoms in total. The molecule has 116 valence electrons. The van der Waals surface area contributed by atoms with Crippen molar-refractivity contribution >= 4 is 33.2 Å². The highest BCUT2D eigenvalue weighted by molar-refractivity contribution is 9.10. The fourth-order valence-corrected chi connectivity index (χ4v) is 3.42. The molecule has 1 aromatic carbocycles. The number of imidazole rings is 1. The first-order chi connectivity index (χ1) is 11.2. The summed E-state index contributed by atoms with van der Waals surface area (Å²) in [4.78, 5) is 17.2. The predicted molar refractivity (Wildman–Crippen MR) is 93.5 cm³/mol. The fraction of sp³-hybridized carbons (Fsp3) is 0.222.